The Labute approximate surface area is 104 Å². The van der Waals surface area contributed by atoms with Crippen LogP contribution in [0.5, 0.6) is 5.75 Å². The summed E-state index contributed by atoms with van der Waals surface area (Å²) in [4.78, 5) is 2.49. The molecule has 1 saturated heterocycles. The molecule has 1 aliphatic rings. The molecule has 94 valence electrons. The fraction of sp³-hybridized carbons (Fsp3) is 0.571. The molecule has 2 atom stereocenters. The number of nitrogens with two attached hydrogens (primary N) is 1. The quantitative estimate of drug-likeness (QED) is 0.868. The number of nitrogens with zero attached hydrogens (tertiary/aromatic N) is 1. The molecule has 2 rings (SSSR count). The maximum Gasteiger partial charge on any atom is 0.118 e. The van der Waals surface area contributed by atoms with Crippen molar-refractivity contribution < 1.29 is 4.74 Å². The minimum atomic E-state index is 0.154. The normalized spacial score (nSPS) is 20.2. The van der Waals surface area contributed by atoms with Gasteiger partial charge in [-0.15, -0.1) is 0 Å². The molecule has 1 heterocycles. The van der Waals surface area contributed by atoms with Crippen molar-refractivity contribution in [3.8, 4) is 5.75 Å². The van der Waals surface area contributed by atoms with Crippen molar-refractivity contribution in [3.63, 3.8) is 0 Å². The lowest BCUT2D eigenvalue weighted by Gasteiger charge is -2.31. The zero-order chi connectivity index (χ0) is 12.3. The summed E-state index contributed by atoms with van der Waals surface area (Å²) in [6.45, 7) is 4.42. The van der Waals surface area contributed by atoms with Crippen LogP contribution >= 0.6 is 0 Å². The molecule has 3 heteroatoms. The Bertz CT molecular complexity index is 342. The number of likely N-dealkylation sites (tertiary alicyclic amines) is 1. The van der Waals surface area contributed by atoms with E-state index in [1.54, 1.807) is 7.11 Å². The first-order chi connectivity index (χ1) is 8.22. The largest absolute Gasteiger partial charge is 0.497 e. The third-order valence-electron chi connectivity index (χ3n) is 3.49. The monoisotopic (exact) mass is 234 g/mol. The number of rotatable bonds is 4. The van der Waals surface area contributed by atoms with E-state index >= 15 is 0 Å². The van der Waals surface area contributed by atoms with Gasteiger partial charge in [0, 0.05) is 12.1 Å². The van der Waals surface area contributed by atoms with Crippen molar-refractivity contribution in [1.29, 1.82) is 0 Å². The number of hydrogen-bond donors (Lipinski definition) is 1. The van der Waals surface area contributed by atoms with Gasteiger partial charge in [0.05, 0.1) is 7.11 Å². The van der Waals surface area contributed by atoms with Crippen LogP contribution in [0.2, 0.25) is 0 Å². The Morgan fingerprint density at radius 3 is 2.24 bits per heavy atom. The summed E-state index contributed by atoms with van der Waals surface area (Å²) in [5.41, 5.74) is 7.44. The Balaban J connectivity index is 2.19. The molecule has 1 aromatic rings. The van der Waals surface area contributed by atoms with Gasteiger partial charge in [-0.25, -0.2) is 0 Å². The zero-order valence-electron chi connectivity index (χ0n) is 10.7. The molecule has 1 aromatic carbocycles. The highest BCUT2D eigenvalue weighted by molar-refractivity contribution is 5.30. The van der Waals surface area contributed by atoms with Gasteiger partial charge in [-0.1, -0.05) is 12.1 Å². The fourth-order valence-electron chi connectivity index (χ4n) is 2.67. The topological polar surface area (TPSA) is 38.5 Å². The van der Waals surface area contributed by atoms with E-state index in [0.717, 1.165) is 18.8 Å². The van der Waals surface area contributed by atoms with E-state index in [1.807, 2.05) is 12.1 Å². The maximum atomic E-state index is 6.15. The number of hydrogen-bond acceptors (Lipinski definition) is 3. The SMILES string of the molecule is COc1ccc(C(C(C)N)N2CCCC2)cc1. The van der Waals surface area contributed by atoms with Gasteiger partial charge in [0.15, 0.2) is 0 Å². The summed E-state index contributed by atoms with van der Waals surface area (Å²) in [7, 11) is 1.69. The molecule has 0 radical (unpaired) electrons. The van der Waals surface area contributed by atoms with E-state index < -0.39 is 0 Å². The van der Waals surface area contributed by atoms with Crippen LogP contribution in [0.4, 0.5) is 0 Å². The minimum Gasteiger partial charge on any atom is -0.497 e. The fourth-order valence-corrected chi connectivity index (χ4v) is 2.67. The lowest BCUT2D eigenvalue weighted by Crippen LogP contribution is -2.37. The van der Waals surface area contributed by atoms with Gasteiger partial charge in [0.25, 0.3) is 0 Å². The standard InChI is InChI=1S/C14H22N2O/c1-11(15)14(16-9-3-4-10-16)12-5-7-13(17-2)8-6-12/h5-8,11,14H,3-4,9-10,15H2,1-2H3. The van der Waals surface area contributed by atoms with E-state index in [-0.39, 0.29) is 6.04 Å². The third-order valence-corrected chi connectivity index (χ3v) is 3.49. The molecule has 2 unspecified atom stereocenters. The van der Waals surface area contributed by atoms with Crippen molar-refractivity contribution >= 4 is 0 Å². The Morgan fingerprint density at radius 2 is 1.76 bits per heavy atom. The molecular weight excluding hydrogens is 212 g/mol. The van der Waals surface area contributed by atoms with E-state index in [2.05, 4.69) is 24.0 Å². The third kappa shape index (κ3) is 2.79. The highest BCUT2D eigenvalue weighted by atomic mass is 16.5. The summed E-state index contributed by atoms with van der Waals surface area (Å²) < 4.78 is 5.19. The van der Waals surface area contributed by atoms with Gasteiger partial charge in [0.1, 0.15) is 5.75 Å². The number of ether oxygens (including phenoxy) is 1. The molecule has 0 aromatic heterocycles. The number of methoxy groups -OCH3 is 1. The van der Waals surface area contributed by atoms with Crippen molar-refractivity contribution in [2.45, 2.75) is 31.8 Å². The first-order valence-electron chi connectivity index (χ1n) is 6.36. The molecule has 0 saturated carbocycles. The highest BCUT2D eigenvalue weighted by Gasteiger charge is 2.26. The summed E-state index contributed by atoms with van der Waals surface area (Å²) >= 11 is 0. The first kappa shape index (κ1) is 12.4. The van der Waals surface area contributed by atoms with Crippen LogP contribution in [0.1, 0.15) is 31.4 Å². The molecule has 17 heavy (non-hydrogen) atoms. The molecule has 0 spiro atoms. The van der Waals surface area contributed by atoms with E-state index in [0.29, 0.717) is 6.04 Å². The Hall–Kier alpha value is -1.06. The van der Waals surface area contributed by atoms with Gasteiger partial charge in [-0.05, 0) is 50.6 Å². The van der Waals surface area contributed by atoms with Crippen molar-refractivity contribution in [2.24, 2.45) is 5.73 Å². The average molecular weight is 234 g/mol. The number of benzene rings is 1. The second-order valence-electron chi connectivity index (χ2n) is 4.82. The van der Waals surface area contributed by atoms with Crippen LogP contribution in [0, 0.1) is 0 Å². The highest BCUT2D eigenvalue weighted by Crippen LogP contribution is 2.28. The molecular formula is C14H22N2O. The molecule has 0 aliphatic carbocycles. The van der Waals surface area contributed by atoms with Gasteiger partial charge < -0.3 is 10.5 Å². The smallest absolute Gasteiger partial charge is 0.118 e. The Kier molecular flexibility index (Phi) is 4.02. The average Bonchev–Trinajstić information content (AvgIpc) is 2.83. The minimum absolute atomic E-state index is 0.154. The summed E-state index contributed by atoms with van der Waals surface area (Å²) in [5.74, 6) is 0.901. The van der Waals surface area contributed by atoms with Crippen molar-refractivity contribution in [3.05, 3.63) is 29.8 Å². The van der Waals surface area contributed by atoms with Crippen LogP contribution in [0.15, 0.2) is 24.3 Å². The van der Waals surface area contributed by atoms with Gasteiger partial charge in [0.2, 0.25) is 0 Å². The first-order valence-corrected chi connectivity index (χ1v) is 6.36. The second kappa shape index (κ2) is 5.52. The zero-order valence-corrected chi connectivity index (χ0v) is 10.7. The van der Waals surface area contributed by atoms with Crippen LogP contribution in [-0.2, 0) is 0 Å². The molecule has 2 N–H and O–H groups in total. The van der Waals surface area contributed by atoms with Crippen LogP contribution in [0.25, 0.3) is 0 Å². The summed E-state index contributed by atoms with van der Waals surface area (Å²) in [6, 6.07) is 8.78. The van der Waals surface area contributed by atoms with Gasteiger partial charge >= 0.3 is 0 Å². The van der Waals surface area contributed by atoms with E-state index in [9.17, 15) is 0 Å². The van der Waals surface area contributed by atoms with Crippen molar-refractivity contribution in [1.82, 2.24) is 4.90 Å². The van der Waals surface area contributed by atoms with Crippen LogP contribution in [0.3, 0.4) is 0 Å². The summed E-state index contributed by atoms with van der Waals surface area (Å²) in [5, 5.41) is 0. The Morgan fingerprint density at radius 1 is 1.18 bits per heavy atom. The van der Waals surface area contributed by atoms with Crippen molar-refractivity contribution in [2.75, 3.05) is 20.2 Å². The molecule has 0 amide bonds. The van der Waals surface area contributed by atoms with E-state index in [1.165, 1.54) is 18.4 Å². The van der Waals surface area contributed by atoms with E-state index in [4.69, 9.17) is 10.5 Å². The summed E-state index contributed by atoms with van der Waals surface area (Å²) in [6.07, 6.45) is 2.58. The van der Waals surface area contributed by atoms with Gasteiger partial charge in [-0.2, -0.15) is 0 Å². The molecule has 0 bridgehead atoms. The maximum absolute atomic E-state index is 6.15. The lowest BCUT2D eigenvalue weighted by molar-refractivity contribution is 0.219. The molecule has 1 fully saturated rings. The second-order valence-corrected chi connectivity index (χ2v) is 4.82. The molecule has 1 aliphatic heterocycles. The lowest BCUT2D eigenvalue weighted by atomic mass is 9.99. The van der Waals surface area contributed by atoms with Crippen LogP contribution < -0.4 is 10.5 Å². The van der Waals surface area contributed by atoms with Gasteiger partial charge in [-0.3, -0.25) is 4.90 Å². The van der Waals surface area contributed by atoms with Crippen LogP contribution in [-0.4, -0.2) is 31.1 Å². The molecule has 3 nitrogen and oxygen atoms in total. The predicted octanol–water partition coefficient (Wildman–Crippen LogP) is 2.18. The predicted molar refractivity (Wildman–Crippen MR) is 70.2 cm³/mol.